The van der Waals surface area contributed by atoms with E-state index in [9.17, 15) is 13.6 Å². The molecule has 0 spiro atoms. The van der Waals surface area contributed by atoms with Crippen molar-refractivity contribution >= 4 is 23.3 Å². The molecule has 0 saturated heterocycles. The van der Waals surface area contributed by atoms with Crippen molar-refractivity contribution in [1.29, 1.82) is 0 Å². The molecule has 2 rings (SSSR count). The number of amides is 2. The normalized spacial score (nSPS) is 10.7. The molecule has 0 aliphatic heterocycles. The first-order chi connectivity index (χ1) is 10.9. The minimum Gasteiger partial charge on any atom is -0.433 e. The molecule has 1 aromatic carbocycles. The van der Waals surface area contributed by atoms with Gasteiger partial charge in [0.05, 0.1) is 10.7 Å². The van der Waals surface area contributed by atoms with E-state index in [0.29, 0.717) is 11.5 Å². The van der Waals surface area contributed by atoms with Crippen molar-refractivity contribution in [3.63, 3.8) is 0 Å². The van der Waals surface area contributed by atoms with E-state index >= 15 is 0 Å². The standard InChI is InChI=1S/C14H14ClF2N3O3/c1-7-10(8(2)23-20-7)6-18-14(21)19-9-3-4-11(15)12(5-9)22-13(16)17/h3-5,13H,6H2,1-2H3,(H2,18,19,21). The Labute approximate surface area is 135 Å². The molecule has 1 heterocycles. The van der Waals surface area contributed by atoms with Crippen molar-refractivity contribution in [3.8, 4) is 5.75 Å². The molecule has 0 radical (unpaired) electrons. The molecule has 0 unspecified atom stereocenters. The Morgan fingerprint density at radius 3 is 2.78 bits per heavy atom. The van der Waals surface area contributed by atoms with E-state index in [1.807, 2.05) is 0 Å². The molecule has 0 aliphatic rings. The van der Waals surface area contributed by atoms with Crippen LogP contribution < -0.4 is 15.4 Å². The summed E-state index contributed by atoms with van der Waals surface area (Å²) < 4.78 is 33.8. The Morgan fingerprint density at radius 1 is 1.43 bits per heavy atom. The third kappa shape index (κ3) is 4.56. The number of ether oxygens (including phenoxy) is 1. The number of aromatic nitrogens is 1. The Balaban J connectivity index is 1.97. The van der Waals surface area contributed by atoms with E-state index in [-0.39, 0.29) is 23.0 Å². The highest BCUT2D eigenvalue weighted by Gasteiger charge is 2.12. The average Bonchev–Trinajstić information content (AvgIpc) is 2.79. The zero-order valence-corrected chi connectivity index (χ0v) is 13.1. The summed E-state index contributed by atoms with van der Waals surface area (Å²) in [5.74, 6) is 0.395. The van der Waals surface area contributed by atoms with Crippen LogP contribution in [0.15, 0.2) is 22.7 Å². The van der Waals surface area contributed by atoms with Crippen LogP contribution >= 0.6 is 11.6 Å². The van der Waals surface area contributed by atoms with Crippen molar-refractivity contribution in [2.24, 2.45) is 0 Å². The summed E-state index contributed by atoms with van der Waals surface area (Å²) in [7, 11) is 0. The van der Waals surface area contributed by atoms with Crippen LogP contribution in [0.4, 0.5) is 19.3 Å². The van der Waals surface area contributed by atoms with Crippen LogP contribution in [0.3, 0.4) is 0 Å². The lowest BCUT2D eigenvalue weighted by atomic mass is 10.2. The van der Waals surface area contributed by atoms with Crippen LogP contribution in [0.25, 0.3) is 0 Å². The van der Waals surface area contributed by atoms with E-state index in [1.54, 1.807) is 13.8 Å². The molecule has 2 amide bonds. The van der Waals surface area contributed by atoms with Gasteiger partial charge in [-0.15, -0.1) is 0 Å². The summed E-state index contributed by atoms with van der Waals surface area (Å²) in [4.78, 5) is 11.9. The monoisotopic (exact) mass is 345 g/mol. The number of hydrogen-bond acceptors (Lipinski definition) is 4. The summed E-state index contributed by atoms with van der Waals surface area (Å²) in [5.41, 5.74) is 1.72. The molecule has 124 valence electrons. The van der Waals surface area contributed by atoms with Crippen molar-refractivity contribution in [1.82, 2.24) is 10.5 Å². The number of nitrogens with one attached hydrogen (secondary N) is 2. The van der Waals surface area contributed by atoms with Gasteiger partial charge in [-0.1, -0.05) is 16.8 Å². The molecule has 1 aromatic heterocycles. The number of hydrogen-bond donors (Lipinski definition) is 2. The number of anilines is 1. The summed E-state index contributed by atoms with van der Waals surface area (Å²) in [5, 5.41) is 8.92. The van der Waals surface area contributed by atoms with E-state index in [0.717, 1.165) is 5.56 Å². The van der Waals surface area contributed by atoms with Crippen LogP contribution in [0.1, 0.15) is 17.0 Å². The highest BCUT2D eigenvalue weighted by atomic mass is 35.5. The van der Waals surface area contributed by atoms with Crippen molar-refractivity contribution in [3.05, 3.63) is 40.2 Å². The first-order valence-electron chi connectivity index (χ1n) is 6.57. The molecular weight excluding hydrogens is 332 g/mol. The van der Waals surface area contributed by atoms with E-state index < -0.39 is 12.6 Å². The van der Waals surface area contributed by atoms with E-state index in [2.05, 4.69) is 20.5 Å². The predicted molar refractivity (Wildman–Crippen MR) is 79.9 cm³/mol. The van der Waals surface area contributed by atoms with Gasteiger partial charge in [-0.25, -0.2) is 4.79 Å². The second-order valence-electron chi connectivity index (χ2n) is 4.63. The number of benzene rings is 1. The number of halogens is 3. The Bertz CT molecular complexity index is 687. The second kappa shape index (κ2) is 7.28. The topological polar surface area (TPSA) is 76.4 Å². The summed E-state index contributed by atoms with van der Waals surface area (Å²) >= 11 is 5.74. The maximum Gasteiger partial charge on any atom is 0.387 e. The molecular formula is C14H14ClF2N3O3. The van der Waals surface area contributed by atoms with Gasteiger partial charge in [0.15, 0.2) is 0 Å². The van der Waals surface area contributed by atoms with Gasteiger partial charge < -0.3 is 19.9 Å². The number of urea groups is 1. The van der Waals surface area contributed by atoms with Gasteiger partial charge >= 0.3 is 12.6 Å². The average molecular weight is 346 g/mol. The van der Waals surface area contributed by atoms with Gasteiger partial charge in [0.25, 0.3) is 0 Å². The van der Waals surface area contributed by atoms with Gasteiger partial charge in [0, 0.05) is 23.9 Å². The third-order valence-electron chi connectivity index (χ3n) is 3.01. The van der Waals surface area contributed by atoms with Gasteiger partial charge in [-0.05, 0) is 26.0 Å². The van der Waals surface area contributed by atoms with Gasteiger partial charge in [0.1, 0.15) is 11.5 Å². The number of rotatable bonds is 5. The lowest BCUT2D eigenvalue weighted by Crippen LogP contribution is -2.28. The lowest BCUT2D eigenvalue weighted by molar-refractivity contribution is -0.0497. The van der Waals surface area contributed by atoms with Crippen molar-refractivity contribution in [2.75, 3.05) is 5.32 Å². The fourth-order valence-corrected chi connectivity index (χ4v) is 2.03. The minimum atomic E-state index is -3.00. The van der Waals surface area contributed by atoms with Crippen molar-refractivity contribution < 1.29 is 22.8 Å². The van der Waals surface area contributed by atoms with Crippen LogP contribution in [0.5, 0.6) is 5.75 Å². The molecule has 9 heteroatoms. The van der Waals surface area contributed by atoms with Crippen LogP contribution in [-0.4, -0.2) is 17.8 Å². The first kappa shape index (κ1) is 17.0. The molecule has 2 aromatic rings. The molecule has 23 heavy (non-hydrogen) atoms. The fourth-order valence-electron chi connectivity index (χ4n) is 1.87. The van der Waals surface area contributed by atoms with Crippen molar-refractivity contribution in [2.45, 2.75) is 27.0 Å². The zero-order valence-electron chi connectivity index (χ0n) is 12.3. The van der Waals surface area contributed by atoms with E-state index in [1.165, 1.54) is 18.2 Å². The second-order valence-corrected chi connectivity index (χ2v) is 5.04. The Kier molecular flexibility index (Phi) is 5.38. The van der Waals surface area contributed by atoms with Gasteiger partial charge in [0.2, 0.25) is 0 Å². The van der Waals surface area contributed by atoms with Crippen LogP contribution in [-0.2, 0) is 6.54 Å². The predicted octanol–water partition coefficient (Wildman–Crippen LogP) is 3.87. The van der Waals surface area contributed by atoms with Gasteiger partial charge in [-0.3, -0.25) is 0 Å². The number of alkyl halides is 2. The number of carbonyl (C=O) groups excluding carboxylic acids is 1. The summed E-state index contributed by atoms with van der Waals surface area (Å²) in [6.07, 6.45) is 0. The number of nitrogens with zero attached hydrogens (tertiary/aromatic N) is 1. The van der Waals surface area contributed by atoms with E-state index in [4.69, 9.17) is 16.1 Å². The minimum absolute atomic E-state index is 0.0204. The zero-order chi connectivity index (χ0) is 17.0. The first-order valence-corrected chi connectivity index (χ1v) is 6.95. The highest BCUT2D eigenvalue weighted by molar-refractivity contribution is 6.32. The highest BCUT2D eigenvalue weighted by Crippen LogP contribution is 2.29. The maximum absolute atomic E-state index is 12.3. The number of aryl methyl sites for hydroxylation is 2. The SMILES string of the molecule is Cc1noc(C)c1CNC(=O)Nc1ccc(Cl)c(OC(F)F)c1. The number of carbonyl (C=O) groups is 1. The molecule has 0 atom stereocenters. The lowest BCUT2D eigenvalue weighted by Gasteiger charge is -2.11. The largest absolute Gasteiger partial charge is 0.433 e. The van der Waals surface area contributed by atoms with Gasteiger partial charge in [-0.2, -0.15) is 8.78 Å². The molecule has 2 N–H and O–H groups in total. The molecule has 6 nitrogen and oxygen atoms in total. The summed E-state index contributed by atoms with van der Waals surface area (Å²) in [6, 6.07) is 3.51. The fraction of sp³-hybridized carbons (Fsp3) is 0.286. The quantitative estimate of drug-likeness (QED) is 0.862. The molecule has 0 aliphatic carbocycles. The molecule has 0 saturated carbocycles. The Morgan fingerprint density at radius 2 is 2.17 bits per heavy atom. The maximum atomic E-state index is 12.3. The Hall–Kier alpha value is -2.35. The third-order valence-corrected chi connectivity index (χ3v) is 3.32. The molecule has 0 fully saturated rings. The summed E-state index contributed by atoms with van der Waals surface area (Å²) in [6.45, 7) is 0.720. The van der Waals surface area contributed by atoms with Crippen LogP contribution in [0, 0.1) is 13.8 Å². The van der Waals surface area contributed by atoms with Crippen LogP contribution in [0.2, 0.25) is 5.02 Å². The smallest absolute Gasteiger partial charge is 0.387 e. The molecule has 0 bridgehead atoms.